The van der Waals surface area contributed by atoms with Crippen molar-refractivity contribution in [1.82, 2.24) is 9.04 Å². The van der Waals surface area contributed by atoms with Crippen molar-refractivity contribution in [2.45, 2.75) is 11.4 Å². The Labute approximate surface area is 184 Å². The van der Waals surface area contributed by atoms with Crippen LogP contribution in [0.15, 0.2) is 76.6 Å². The minimum atomic E-state index is -3.80. The molecule has 1 heterocycles. The predicted octanol–water partition coefficient (Wildman–Crippen LogP) is 2.98. The second-order valence-electron chi connectivity index (χ2n) is 6.55. The van der Waals surface area contributed by atoms with Gasteiger partial charge >= 0.3 is 0 Å². The standard InChI is InChI=1S/C21H20ClN3O5S/c1-24(30-2)31(28,29)18-10-7-15(8-11-18)21(27)23-17-9-12-20(26)25(14-17)13-16-5-3-4-6-19(16)22/h3-12,14H,13H2,1-2H3,(H,23,27). The van der Waals surface area contributed by atoms with Gasteiger partial charge in [0.15, 0.2) is 0 Å². The maximum atomic E-state index is 12.6. The molecule has 1 amide bonds. The summed E-state index contributed by atoms with van der Waals surface area (Å²) in [6.45, 7) is 0.252. The van der Waals surface area contributed by atoms with Gasteiger partial charge in [0.1, 0.15) is 0 Å². The van der Waals surface area contributed by atoms with Crippen LogP contribution >= 0.6 is 11.6 Å². The van der Waals surface area contributed by atoms with Gasteiger partial charge in [0, 0.05) is 29.9 Å². The maximum Gasteiger partial charge on any atom is 0.264 e. The Morgan fingerprint density at radius 2 is 1.77 bits per heavy atom. The van der Waals surface area contributed by atoms with E-state index in [1.165, 1.54) is 61.3 Å². The largest absolute Gasteiger partial charge is 0.321 e. The number of carbonyl (C=O) groups is 1. The number of amides is 1. The molecular formula is C21H20ClN3O5S. The number of halogens is 1. The zero-order chi connectivity index (χ0) is 22.6. The lowest BCUT2D eigenvalue weighted by atomic mass is 10.2. The fourth-order valence-electron chi connectivity index (χ4n) is 2.77. The Morgan fingerprint density at radius 3 is 2.42 bits per heavy atom. The van der Waals surface area contributed by atoms with E-state index >= 15 is 0 Å². The first-order chi connectivity index (χ1) is 14.7. The molecule has 3 rings (SSSR count). The molecular weight excluding hydrogens is 442 g/mol. The molecule has 8 nitrogen and oxygen atoms in total. The molecule has 0 aliphatic heterocycles. The lowest BCUT2D eigenvalue weighted by Crippen LogP contribution is -2.25. The number of nitrogens with zero attached hydrogens (tertiary/aromatic N) is 2. The number of aromatic nitrogens is 1. The van der Waals surface area contributed by atoms with Crippen molar-refractivity contribution in [2.75, 3.05) is 19.5 Å². The highest BCUT2D eigenvalue weighted by Gasteiger charge is 2.21. The second-order valence-corrected chi connectivity index (χ2v) is 8.89. The molecule has 0 spiro atoms. The molecule has 0 saturated heterocycles. The smallest absolute Gasteiger partial charge is 0.264 e. The van der Waals surface area contributed by atoms with Crippen LogP contribution in [-0.4, -0.2) is 37.5 Å². The monoisotopic (exact) mass is 461 g/mol. The van der Waals surface area contributed by atoms with E-state index in [1.54, 1.807) is 12.1 Å². The number of benzene rings is 2. The van der Waals surface area contributed by atoms with Crippen LogP contribution in [0.3, 0.4) is 0 Å². The molecule has 0 radical (unpaired) electrons. The number of carbonyl (C=O) groups excluding carboxylic acids is 1. The second kappa shape index (κ2) is 9.44. The van der Waals surface area contributed by atoms with E-state index in [0.717, 1.165) is 10.0 Å². The highest BCUT2D eigenvalue weighted by Crippen LogP contribution is 2.18. The fourth-order valence-corrected chi connectivity index (χ4v) is 3.94. The van der Waals surface area contributed by atoms with Crippen LogP contribution in [0, 0.1) is 0 Å². The molecule has 1 N–H and O–H groups in total. The van der Waals surface area contributed by atoms with Gasteiger partial charge in [-0.3, -0.25) is 14.4 Å². The molecule has 2 aromatic carbocycles. The fraction of sp³-hybridized carbons (Fsp3) is 0.143. The number of hydroxylamine groups is 1. The summed E-state index contributed by atoms with van der Waals surface area (Å²) >= 11 is 6.17. The summed E-state index contributed by atoms with van der Waals surface area (Å²) in [5, 5.41) is 3.24. The average molecular weight is 462 g/mol. The average Bonchev–Trinajstić information content (AvgIpc) is 2.77. The molecule has 0 atom stereocenters. The predicted molar refractivity (Wildman–Crippen MR) is 118 cm³/mol. The summed E-state index contributed by atoms with van der Waals surface area (Å²) in [6.07, 6.45) is 1.52. The third-order valence-corrected chi connectivity index (χ3v) is 6.61. The van der Waals surface area contributed by atoms with Gasteiger partial charge in [0.2, 0.25) is 0 Å². The molecule has 31 heavy (non-hydrogen) atoms. The number of pyridine rings is 1. The van der Waals surface area contributed by atoms with Gasteiger partial charge in [-0.25, -0.2) is 8.42 Å². The van der Waals surface area contributed by atoms with Gasteiger partial charge in [0.05, 0.1) is 24.2 Å². The number of nitrogens with one attached hydrogen (secondary N) is 1. The van der Waals surface area contributed by atoms with Crippen molar-refractivity contribution < 1.29 is 18.0 Å². The lowest BCUT2D eigenvalue weighted by molar-refractivity contribution is -0.0258. The number of anilines is 1. The van der Waals surface area contributed by atoms with Gasteiger partial charge in [-0.15, -0.1) is 0 Å². The third-order valence-electron chi connectivity index (χ3n) is 4.55. The molecule has 0 unspecified atom stereocenters. The number of sulfonamides is 1. The molecule has 1 aromatic heterocycles. The molecule has 10 heteroatoms. The van der Waals surface area contributed by atoms with Crippen molar-refractivity contribution in [3.8, 4) is 0 Å². The first-order valence-electron chi connectivity index (χ1n) is 9.10. The van der Waals surface area contributed by atoms with Crippen LogP contribution in [-0.2, 0) is 21.4 Å². The van der Waals surface area contributed by atoms with Gasteiger partial charge in [-0.1, -0.05) is 34.3 Å². The first kappa shape index (κ1) is 22.7. The lowest BCUT2D eigenvalue weighted by Gasteiger charge is -2.14. The summed E-state index contributed by atoms with van der Waals surface area (Å²) in [6, 6.07) is 15.4. The minimum Gasteiger partial charge on any atom is -0.321 e. The van der Waals surface area contributed by atoms with Gasteiger partial charge in [-0.2, -0.15) is 0 Å². The maximum absolute atomic E-state index is 12.6. The van der Waals surface area contributed by atoms with Crippen molar-refractivity contribution in [3.05, 3.63) is 93.4 Å². The Balaban J connectivity index is 1.78. The van der Waals surface area contributed by atoms with Crippen LogP contribution in [0.25, 0.3) is 0 Å². The van der Waals surface area contributed by atoms with E-state index in [1.807, 2.05) is 12.1 Å². The van der Waals surface area contributed by atoms with Crippen molar-refractivity contribution >= 4 is 33.2 Å². The topological polar surface area (TPSA) is 97.7 Å². The molecule has 0 aliphatic carbocycles. The van der Waals surface area contributed by atoms with Crippen LogP contribution in [0.4, 0.5) is 5.69 Å². The zero-order valence-corrected chi connectivity index (χ0v) is 18.4. The highest BCUT2D eigenvalue weighted by atomic mass is 35.5. The summed E-state index contributed by atoms with van der Waals surface area (Å²) in [4.78, 5) is 29.5. The van der Waals surface area contributed by atoms with E-state index in [4.69, 9.17) is 16.4 Å². The zero-order valence-electron chi connectivity index (χ0n) is 16.8. The van der Waals surface area contributed by atoms with E-state index in [2.05, 4.69) is 5.32 Å². The number of rotatable bonds is 7. The van der Waals surface area contributed by atoms with Crippen LogP contribution < -0.4 is 10.9 Å². The third kappa shape index (κ3) is 5.20. The SMILES string of the molecule is CON(C)S(=O)(=O)c1ccc(C(=O)Nc2ccc(=O)n(Cc3ccccc3Cl)c2)cc1. The first-order valence-corrected chi connectivity index (χ1v) is 10.9. The number of hydrogen-bond acceptors (Lipinski definition) is 5. The molecule has 0 saturated carbocycles. The number of hydrogen-bond donors (Lipinski definition) is 1. The highest BCUT2D eigenvalue weighted by molar-refractivity contribution is 7.89. The van der Waals surface area contributed by atoms with E-state index in [0.29, 0.717) is 10.7 Å². The molecule has 162 valence electrons. The van der Waals surface area contributed by atoms with Crippen molar-refractivity contribution in [3.63, 3.8) is 0 Å². The van der Waals surface area contributed by atoms with Crippen LogP contribution in [0.5, 0.6) is 0 Å². The van der Waals surface area contributed by atoms with E-state index < -0.39 is 15.9 Å². The Kier molecular flexibility index (Phi) is 6.91. The minimum absolute atomic E-state index is 0.0123. The quantitative estimate of drug-likeness (QED) is 0.545. The van der Waals surface area contributed by atoms with Crippen molar-refractivity contribution in [2.24, 2.45) is 0 Å². The van der Waals surface area contributed by atoms with Crippen molar-refractivity contribution in [1.29, 1.82) is 0 Å². The normalized spacial score (nSPS) is 11.5. The van der Waals surface area contributed by atoms with Crippen LogP contribution in [0.1, 0.15) is 15.9 Å². The van der Waals surface area contributed by atoms with Crippen LogP contribution in [0.2, 0.25) is 5.02 Å². The summed E-state index contributed by atoms with van der Waals surface area (Å²) in [5.74, 6) is -0.452. The van der Waals surface area contributed by atoms with E-state index in [-0.39, 0.29) is 22.6 Å². The summed E-state index contributed by atoms with van der Waals surface area (Å²) in [5.41, 5.74) is 1.19. The molecule has 3 aromatic rings. The summed E-state index contributed by atoms with van der Waals surface area (Å²) < 4.78 is 26.6. The summed E-state index contributed by atoms with van der Waals surface area (Å²) in [7, 11) is -1.29. The Hall–Kier alpha value is -2.98. The van der Waals surface area contributed by atoms with Gasteiger partial charge < -0.3 is 9.88 Å². The Morgan fingerprint density at radius 1 is 1.10 bits per heavy atom. The van der Waals surface area contributed by atoms with Gasteiger partial charge in [-0.05, 0) is 42.0 Å². The van der Waals surface area contributed by atoms with Gasteiger partial charge in [0.25, 0.3) is 21.5 Å². The molecule has 0 fully saturated rings. The Bertz CT molecular complexity index is 1260. The molecule has 0 aliphatic rings. The van der Waals surface area contributed by atoms with E-state index in [9.17, 15) is 18.0 Å². The molecule has 0 bridgehead atoms.